The van der Waals surface area contributed by atoms with Crippen LogP contribution < -0.4 is 0 Å². The molecule has 0 N–H and O–H groups in total. The Morgan fingerprint density at radius 2 is 1.87 bits per heavy atom. The van der Waals surface area contributed by atoms with Crippen LogP contribution >= 0.6 is 0 Å². The Kier molecular flexibility index (Phi) is 7.39. The molecule has 90 valence electrons. The van der Waals surface area contributed by atoms with Crippen molar-refractivity contribution in [3.05, 3.63) is 0 Å². The standard InChI is InChI=1S/C12H25NO2/c1-6-15-12(14)7-8-13(11(4)5)9-10(2)3/h10-11H,6-9H2,1-5H3. The number of hydrogen-bond acceptors (Lipinski definition) is 3. The van der Waals surface area contributed by atoms with Crippen molar-refractivity contribution in [3.8, 4) is 0 Å². The minimum absolute atomic E-state index is 0.0908. The zero-order chi connectivity index (χ0) is 11.8. The maximum Gasteiger partial charge on any atom is 0.307 e. The lowest BCUT2D eigenvalue weighted by Gasteiger charge is -2.27. The van der Waals surface area contributed by atoms with Crippen LogP contribution in [0.5, 0.6) is 0 Å². The lowest BCUT2D eigenvalue weighted by atomic mass is 10.1. The summed E-state index contributed by atoms with van der Waals surface area (Å²) in [7, 11) is 0. The topological polar surface area (TPSA) is 29.5 Å². The van der Waals surface area contributed by atoms with Crippen molar-refractivity contribution in [1.29, 1.82) is 0 Å². The molecule has 0 aromatic rings. The zero-order valence-corrected chi connectivity index (χ0v) is 10.7. The van der Waals surface area contributed by atoms with Crippen LogP contribution in [0.2, 0.25) is 0 Å². The van der Waals surface area contributed by atoms with Crippen LogP contribution in [0, 0.1) is 5.92 Å². The Bertz CT molecular complexity index is 178. The van der Waals surface area contributed by atoms with E-state index >= 15 is 0 Å². The van der Waals surface area contributed by atoms with Crippen molar-refractivity contribution in [2.45, 2.75) is 47.1 Å². The molecule has 0 saturated heterocycles. The maximum atomic E-state index is 11.2. The molecular weight excluding hydrogens is 190 g/mol. The Labute approximate surface area is 93.8 Å². The van der Waals surface area contributed by atoms with E-state index < -0.39 is 0 Å². The molecule has 0 aliphatic heterocycles. The fourth-order valence-corrected chi connectivity index (χ4v) is 1.50. The summed E-state index contributed by atoms with van der Waals surface area (Å²) in [6, 6.07) is 0.488. The van der Waals surface area contributed by atoms with E-state index in [4.69, 9.17) is 4.74 Å². The smallest absolute Gasteiger partial charge is 0.307 e. The molecule has 0 atom stereocenters. The molecule has 0 spiro atoms. The van der Waals surface area contributed by atoms with Gasteiger partial charge >= 0.3 is 5.97 Å². The van der Waals surface area contributed by atoms with Gasteiger partial charge in [-0.15, -0.1) is 0 Å². The van der Waals surface area contributed by atoms with E-state index in [1.54, 1.807) is 0 Å². The van der Waals surface area contributed by atoms with Crippen LogP contribution in [0.15, 0.2) is 0 Å². The van der Waals surface area contributed by atoms with Gasteiger partial charge in [0.25, 0.3) is 0 Å². The van der Waals surface area contributed by atoms with Crippen LogP contribution in [0.4, 0.5) is 0 Å². The second-order valence-corrected chi connectivity index (χ2v) is 4.54. The molecule has 0 amide bonds. The highest BCUT2D eigenvalue weighted by molar-refractivity contribution is 5.69. The molecule has 0 aliphatic rings. The molecule has 0 unspecified atom stereocenters. The number of esters is 1. The molecule has 0 saturated carbocycles. The molecule has 15 heavy (non-hydrogen) atoms. The molecule has 0 aromatic heterocycles. The van der Waals surface area contributed by atoms with E-state index in [0.717, 1.165) is 13.1 Å². The Morgan fingerprint density at radius 3 is 2.27 bits per heavy atom. The third kappa shape index (κ3) is 7.37. The SMILES string of the molecule is CCOC(=O)CCN(CC(C)C)C(C)C. The largest absolute Gasteiger partial charge is 0.466 e. The van der Waals surface area contributed by atoms with Gasteiger partial charge in [-0.25, -0.2) is 0 Å². The minimum atomic E-state index is -0.0908. The number of carbonyl (C=O) groups is 1. The van der Waals surface area contributed by atoms with Gasteiger partial charge in [-0.05, 0) is 26.7 Å². The summed E-state index contributed by atoms with van der Waals surface area (Å²) in [6.07, 6.45) is 0.499. The zero-order valence-electron chi connectivity index (χ0n) is 10.7. The number of hydrogen-bond donors (Lipinski definition) is 0. The first kappa shape index (κ1) is 14.4. The molecule has 0 heterocycles. The molecule has 3 nitrogen and oxygen atoms in total. The van der Waals surface area contributed by atoms with Gasteiger partial charge < -0.3 is 9.64 Å². The van der Waals surface area contributed by atoms with Gasteiger partial charge in [-0.3, -0.25) is 4.79 Å². The summed E-state index contributed by atoms with van der Waals surface area (Å²) < 4.78 is 4.91. The van der Waals surface area contributed by atoms with Crippen LogP contribution in [0.3, 0.4) is 0 Å². The minimum Gasteiger partial charge on any atom is -0.466 e. The Balaban J connectivity index is 3.90. The second kappa shape index (κ2) is 7.69. The molecule has 0 rings (SSSR count). The van der Waals surface area contributed by atoms with Gasteiger partial charge in [-0.1, -0.05) is 13.8 Å². The van der Waals surface area contributed by atoms with Gasteiger partial charge in [0, 0.05) is 19.1 Å². The van der Waals surface area contributed by atoms with E-state index in [9.17, 15) is 4.79 Å². The van der Waals surface area contributed by atoms with Gasteiger partial charge in [0.2, 0.25) is 0 Å². The average Bonchev–Trinajstić information content (AvgIpc) is 2.11. The summed E-state index contributed by atoms with van der Waals surface area (Å²) >= 11 is 0. The third-order valence-electron chi connectivity index (χ3n) is 2.24. The first-order valence-electron chi connectivity index (χ1n) is 5.87. The van der Waals surface area contributed by atoms with E-state index in [-0.39, 0.29) is 5.97 Å². The van der Waals surface area contributed by atoms with Crippen molar-refractivity contribution in [1.82, 2.24) is 4.90 Å². The molecule has 0 radical (unpaired) electrons. The van der Waals surface area contributed by atoms with Crippen LogP contribution in [0.25, 0.3) is 0 Å². The third-order valence-corrected chi connectivity index (χ3v) is 2.24. The Morgan fingerprint density at radius 1 is 1.27 bits per heavy atom. The molecule has 0 aliphatic carbocycles. The second-order valence-electron chi connectivity index (χ2n) is 4.54. The van der Waals surface area contributed by atoms with Crippen LogP contribution in [-0.4, -0.2) is 36.6 Å². The van der Waals surface area contributed by atoms with E-state index in [1.165, 1.54) is 0 Å². The van der Waals surface area contributed by atoms with Gasteiger partial charge in [0.15, 0.2) is 0 Å². The number of carbonyl (C=O) groups excluding carboxylic acids is 1. The van der Waals surface area contributed by atoms with Gasteiger partial charge in [-0.2, -0.15) is 0 Å². The predicted molar refractivity (Wildman–Crippen MR) is 62.8 cm³/mol. The fraction of sp³-hybridized carbons (Fsp3) is 0.917. The highest BCUT2D eigenvalue weighted by Gasteiger charge is 2.13. The van der Waals surface area contributed by atoms with Crippen LogP contribution in [0.1, 0.15) is 41.0 Å². The first-order valence-corrected chi connectivity index (χ1v) is 5.87. The molecule has 3 heteroatoms. The number of nitrogens with zero attached hydrogens (tertiary/aromatic N) is 1. The van der Waals surface area contributed by atoms with E-state index in [1.807, 2.05) is 6.92 Å². The molecule has 0 bridgehead atoms. The maximum absolute atomic E-state index is 11.2. The normalized spacial score (nSPS) is 11.5. The number of ether oxygens (including phenoxy) is 1. The summed E-state index contributed by atoms with van der Waals surface area (Å²) in [6.45, 7) is 12.9. The van der Waals surface area contributed by atoms with Crippen molar-refractivity contribution >= 4 is 5.97 Å². The highest BCUT2D eigenvalue weighted by Crippen LogP contribution is 2.05. The average molecular weight is 215 g/mol. The summed E-state index contributed by atoms with van der Waals surface area (Å²) in [4.78, 5) is 13.5. The quantitative estimate of drug-likeness (QED) is 0.610. The van der Waals surface area contributed by atoms with Crippen LogP contribution in [-0.2, 0) is 9.53 Å². The number of rotatable bonds is 7. The summed E-state index contributed by atoms with van der Waals surface area (Å²) in [5.74, 6) is 0.543. The monoisotopic (exact) mass is 215 g/mol. The summed E-state index contributed by atoms with van der Waals surface area (Å²) in [5.41, 5.74) is 0. The van der Waals surface area contributed by atoms with Crippen molar-refractivity contribution in [2.75, 3.05) is 19.7 Å². The fourth-order valence-electron chi connectivity index (χ4n) is 1.50. The first-order chi connectivity index (χ1) is 6.97. The Hall–Kier alpha value is -0.570. The highest BCUT2D eigenvalue weighted by atomic mass is 16.5. The molecule has 0 fully saturated rings. The van der Waals surface area contributed by atoms with Crippen molar-refractivity contribution in [2.24, 2.45) is 5.92 Å². The van der Waals surface area contributed by atoms with Gasteiger partial charge in [0.1, 0.15) is 0 Å². The summed E-state index contributed by atoms with van der Waals surface area (Å²) in [5, 5.41) is 0. The predicted octanol–water partition coefficient (Wildman–Crippen LogP) is 2.31. The lowest BCUT2D eigenvalue weighted by Crippen LogP contribution is -2.36. The van der Waals surface area contributed by atoms with E-state index in [2.05, 4.69) is 32.6 Å². The molecule has 0 aromatic carbocycles. The van der Waals surface area contributed by atoms with E-state index in [0.29, 0.717) is 25.0 Å². The van der Waals surface area contributed by atoms with Gasteiger partial charge in [0.05, 0.1) is 13.0 Å². The van der Waals surface area contributed by atoms with Crippen molar-refractivity contribution in [3.63, 3.8) is 0 Å². The molecular formula is C12H25NO2. The lowest BCUT2D eigenvalue weighted by molar-refractivity contribution is -0.143. The van der Waals surface area contributed by atoms with Crippen molar-refractivity contribution < 1.29 is 9.53 Å².